The van der Waals surface area contributed by atoms with Crippen molar-refractivity contribution in [3.8, 4) is 11.3 Å². The van der Waals surface area contributed by atoms with Crippen molar-refractivity contribution < 1.29 is 14.7 Å². The van der Waals surface area contributed by atoms with Gasteiger partial charge in [0.2, 0.25) is 5.91 Å². The predicted molar refractivity (Wildman–Crippen MR) is 103 cm³/mol. The summed E-state index contributed by atoms with van der Waals surface area (Å²) in [5.41, 5.74) is 2.21. The maximum absolute atomic E-state index is 12.5. The van der Waals surface area contributed by atoms with Crippen LogP contribution < -0.4 is 0 Å². The lowest BCUT2D eigenvalue weighted by atomic mass is 9.95. The largest absolute Gasteiger partial charge is 0.478 e. The van der Waals surface area contributed by atoms with E-state index in [2.05, 4.69) is 9.97 Å². The molecule has 6 heteroatoms. The molecule has 1 fully saturated rings. The lowest BCUT2D eigenvalue weighted by Crippen LogP contribution is -2.37. The van der Waals surface area contributed by atoms with Gasteiger partial charge in [0.1, 0.15) is 5.82 Å². The van der Waals surface area contributed by atoms with Gasteiger partial charge in [-0.3, -0.25) is 4.79 Å². The van der Waals surface area contributed by atoms with Crippen LogP contribution in [0.3, 0.4) is 0 Å². The van der Waals surface area contributed by atoms with Crippen LogP contribution in [0.1, 0.15) is 55.0 Å². The zero-order chi connectivity index (χ0) is 19.8. The number of amides is 1. The van der Waals surface area contributed by atoms with Crippen molar-refractivity contribution in [2.45, 2.75) is 40.0 Å². The van der Waals surface area contributed by atoms with Crippen molar-refractivity contribution in [1.29, 1.82) is 0 Å². The van der Waals surface area contributed by atoms with E-state index >= 15 is 0 Å². The van der Waals surface area contributed by atoms with E-state index in [1.165, 1.54) is 0 Å². The first-order chi connectivity index (χ1) is 12.6. The van der Waals surface area contributed by atoms with Crippen LogP contribution in [0.4, 0.5) is 0 Å². The molecule has 0 unspecified atom stereocenters. The van der Waals surface area contributed by atoms with E-state index in [4.69, 9.17) is 0 Å². The molecule has 2 heterocycles. The van der Waals surface area contributed by atoms with Gasteiger partial charge >= 0.3 is 5.97 Å². The maximum atomic E-state index is 12.5. The van der Waals surface area contributed by atoms with Gasteiger partial charge in [-0.15, -0.1) is 0 Å². The number of hydrogen-bond donors (Lipinski definition) is 1. The van der Waals surface area contributed by atoms with Crippen molar-refractivity contribution in [3.63, 3.8) is 0 Å². The number of likely N-dealkylation sites (tertiary alicyclic amines) is 1. The molecule has 0 bridgehead atoms. The molecule has 3 rings (SSSR count). The van der Waals surface area contributed by atoms with E-state index in [1.54, 1.807) is 18.2 Å². The molecule has 6 nitrogen and oxygen atoms in total. The minimum absolute atomic E-state index is 0.158. The third-order valence-electron chi connectivity index (χ3n) is 4.80. The lowest BCUT2D eigenvalue weighted by Gasteiger charge is -2.25. The summed E-state index contributed by atoms with van der Waals surface area (Å²) in [6.45, 7) is 9.02. The van der Waals surface area contributed by atoms with Crippen molar-refractivity contribution in [2.75, 3.05) is 13.1 Å². The highest BCUT2D eigenvalue weighted by Gasteiger charge is 2.34. The summed E-state index contributed by atoms with van der Waals surface area (Å²) in [5.74, 6) is 0.00312. The minimum atomic E-state index is -0.963. The highest BCUT2D eigenvalue weighted by Crippen LogP contribution is 2.31. The molecule has 0 spiro atoms. The summed E-state index contributed by atoms with van der Waals surface area (Å²) >= 11 is 0. The number of carbonyl (C=O) groups is 2. The van der Waals surface area contributed by atoms with Crippen molar-refractivity contribution in [2.24, 2.45) is 5.41 Å². The molecule has 1 aliphatic rings. The summed E-state index contributed by atoms with van der Waals surface area (Å²) < 4.78 is 0. The second-order valence-corrected chi connectivity index (χ2v) is 8.10. The summed E-state index contributed by atoms with van der Waals surface area (Å²) in [6.07, 6.45) is 0.868. The van der Waals surface area contributed by atoms with Gasteiger partial charge in [0.15, 0.2) is 0 Å². The zero-order valence-electron chi connectivity index (χ0n) is 16.2. The van der Waals surface area contributed by atoms with Crippen LogP contribution in [0, 0.1) is 12.3 Å². The van der Waals surface area contributed by atoms with Crippen LogP contribution >= 0.6 is 0 Å². The number of aryl methyl sites for hydroxylation is 1. The van der Waals surface area contributed by atoms with Gasteiger partial charge in [-0.1, -0.05) is 32.9 Å². The second kappa shape index (κ2) is 7.10. The fourth-order valence-electron chi connectivity index (χ4n) is 3.42. The van der Waals surface area contributed by atoms with E-state index in [9.17, 15) is 14.7 Å². The number of aromatic carboxylic acids is 1. The molecule has 1 saturated heterocycles. The molecule has 142 valence electrons. The fourth-order valence-corrected chi connectivity index (χ4v) is 3.42. The molecule has 1 atom stereocenters. The topological polar surface area (TPSA) is 83.4 Å². The Hall–Kier alpha value is -2.76. The third kappa shape index (κ3) is 4.15. The molecule has 1 amide bonds. The lowest BCUT2D eigenvalue weighted by molar-refractivity contribution is -0.138. The van der Waals surface area contributed by atoms with Crippen LogP contribution in [-0.2, 0) is 4.79 Å². The molecule has 1 N–H and O–H groups in total. The number of aromatic nitrogens is 2. The molecule has 27 heavy (non-hydrogen) atoms. The molecule has 1 aromatic heterocycles. The highest BCUT2D eigenvalue weighted by atomic mass is 16.4. The van der Waals surface area contributed by atoms with Crippen LogP contribution in [-0.4, -0.2) is 44.9 Å². The maximum Gasteiger partial charge on any atom is 0.335 e. The predicted octanol–water partition coefficient (Wildman–Crippen LogP) is 3.51. The minimum Gasteiger partial charge on any atom is -0.478 e. The Morgan fingerprint density at radius 1 is 1.19 bits per heavy atom. The van der Waals surface area contributed by atoms with Gasteiger partial charge in [0, 0.05) is 35.7 Å². The average Bonchev–Trinajstić information content (AvgIpc) is 3.09. The van der Waals surface area contributed by atoms with Crippen LogP contribution in [0.2, 0.25) is 0 Å². The van der Waals surface area contributed by atoms with Crippen molar-refractivity contribution >= 4 is 11.9 Å². The smallest absolute Gasteiger partial charge is 0.335 e. The van der Waals surface area contributed by atoms with E-state index in [-0.39, 0.29) is 22.8 Å². The van der Waals surface area contributed by atoms with E-state index in [1.807, 2.05) is 44.7 Å². The Morgan fingerprint density at radius 3 is 2.59 bits per heavy atom. The first kappa shape index (κ1) is 19.0. The SMILES string of the molecule is Cc1nc(-c2cccc(C(=O)O)c2)cc([C@@H]2CCN(C(=O)C(C)(C)C)C2)n1. The van der Waals surface area contributed by atoms with E-state index in [0.29, 0.717) is 18.1 Å². The molecular formula is C21H25N3O3. The number of carboxylic acid groups (broad SMARTS) is 1. The Morgan fingerprint density at radius 2 is 1.93 bits per heavy atom. The summed E-state index contributed by atoms with van der Waals surface area (Å²) in [5, 5.41) is 9.21. The first-order valence-corrected chi connectivity index (χ1v) is 9.14. The van der Waals surface area contributed by atoms with Crippen LogP contribution in [0.5, 0.6) is 0 Å². The van der Waals surface area contributed by atoms with E-state index in [0.717, 1.165) is 24.2 Å². The fraction of sp³-hybridized carbons (Fsp3) is 0.429. The Kier molecular flexibility index (Phi) is 5.00. The number of nitrogens with zero attached hydrogens (tertiary/aromatic N) is 3. The number of hydrogen-bond acceptors (Lipinski definition) is 4. The third-order valence-corrected chi connectivity index (χ3v) is 4.80. The van der Waals surface area contributed by atoms with E-state index < -0.39 is 5.97 Å². The molecule has 0 radical (unpaired) electrons. The highest BCUT2D eigenvalue weighted by molar-refractivity contribution is 5.89. The van der Waals surface area contributed by atoms with Gasteiger partial charge in [-0.05, 0) is 31.5 Å². The molecule has 0 saturated carbocycles. The van der Waals surface area contributed by atoms with Crippen molar-refractivity contribution in [3.05, 3.63) is 47.4 Å². The Bertz CT molecular complexity index is 886. The number of carboxylic acids is 1. The van der Waals surface area contributed by atoms with Gasteiger partial charge in [-0.25, -0.2) is 14.8 Å². The average molecular weight is 367 g/mol. The normalized spacial score (nSPS) is 17.2. The summed E-state index contributed by atoms with van der Waals surface area (Å²) in [4.78, 5) is 34.8. The quantitative estimate of drug-likeness (QED) is 0.897. The first-order valence-electron chi connectivity index (χ1n) is 9.14. The zero-order valence-corrected chi connectivity index (χ0v) is 16.2. The van der Waals surface area contributed by atoms with Gasteiger partial charge in [0.05, 0.1) is 11.3 Å². The monoisotopic (exact) mass is 367 g/mol. The van der Waals surface area contributed by atoms with Crippen molar-refractivity contribution in [1.82, 2.24) is 14.9 Å². The number of carbonyl (C=O) groups excluding carboxylic acids is 1. The second-order valence-electron chi connectivity index (χ2n) is 8.10. The van der Waals surface area contributed by atoms with Gasteiger partial charge < -0.3 is 10.0 Å². The van der Waals surface area contributed by atoms with Crippen LogP contribution in [0.15, 0.2) is 30.3 Å². The number of benzene rings is 1. The van der Waals surface area contributed by atoms with Gasteiger partial charge in [-0.2, -0.15) is 0 Å². The summed E-state index contributed by atoms with van der Waals surface area (Å²) in [7, 11) is 0. The molecule has 1 aromatic carbocycles. The standard InChI is InChI=1S/C21H25N3O3/c1-13-22-17(14-6-5-7-15(10-14)19(25)26)11-18(23-13)16-8-9-24(12-16)20(27)21(2,3)4/h5-7,10-11,16H,8-9,12H2,1-4H3,(H,25,26)/t16-/m1/s1. The molecule has 1 aliphatic heterocycles. The molecule has 0 aliphatic carbocycles. The Balaban J connectivity index is 1.88. The number of rotatable bonds is 3. The summed E-state index contributed by atoms with van der Waals surface area (Å²) in [6, 6.07) is 8.67. The molecule has 2 aromatic rings. The van der Waals surface area contributed by atoms with Gasteiger partial charge in [0.25, 0.3) is 0 Å². The molecular weight excluding hydrogens is 342 g/mol. The van der Waals surface area contributed by atoms with Crippen LogP contribution in [0.25, 0.3) is 11.3 Å². The Labute approximate surface area is 159 Å².